The van der Waals surface area contributed by atoms with Gasteiger partial charge in [-0.2, -0.15) is 0 Å². The molecule has 177 valence electrons. The number of aromatic nitrogens is 1. The molecule has 1 saturated heterocycles. The number of hydrogen-bond donors (Lipinski definition) is 2. The Morgan fingerprint density at radius 2 is 1.88 bits per heavy atom. The highest BCUT2D eigenvalue weighted by Gasteiger charge is 2.48. The molecule has 1 aromatic heterocycles. The molecule has 0 bridgehead atoms. The molecule has 1 aliphatic rings. The van der Waals surface area contributed by atoms with E-state index in [-0.39, 0.29) is 20.6 Å². The summed E-state index contributed by atoms with van der Waals surface area (Å²) in [5.41, 5.74) is 5.09. The Morgan fingerprint density at radius 3 is 2.56 bits per heavy atom. The van der Waals surface area contributed by atoms with Gasteiger partial charge in [-0.05, 0) is 49.1 Å². The molecule has 3 radical (unpaired) electrons. The minimum absolute atomic E-state index is 0. The molecule has 1 fully saturated rings. The van der Waals surface area contributed by atoms with Crippen molar-refractivity contribution in [2.24, 2.45) is 0 Å². The summed E-state index contributed by atoms with van der Waals surface area (Å²) < 4.78 is 30.8. The van der Waals surface area contributed by atoms with Crippen molar-refractivity contribution in [3.8, 4) is 5.75 Å². The number of nitrogens with zero attached hydrogens (tertiary/aromatic N) is 1. The lowest BCUT2D eigenvalue weighted by molar-refractivity contribution is -0.130. The number of hydrogen-bond acceptors (Lipinski definition) is 6. The number of aryl methyl sites for hydroxylation is 1. The van der Waals surface area contributed by atoms with Gasteiger partial charge in [0.2, 0.25) is 5.91 Å². The van der Waals surface area contributed by atoms with Crippen LogP contribution in [0.3, 0.4) is 0 Å². The fraction of sp³-hybridized carbons (Fsp3) is 0.360. The van der Waals surface area contributed by atoms with Crippen molar-refractivity contribution >= 4 is 35.1 Å². The smallest absolute Gasteiger partial charge is 0.245 e. The van der Waals surface area contributed by atoms with E-state index in [0.717, 1.165) is 28.6 Å². The summed E-state index contributed by atoms with van der Waals surface area (Å²) in [4.78, 5) is 16.6. The monoisotopic (exact) mass is 479 g/mol. The van der Waals surface area contributed by atoms with E-state index in [2.05, 4.69) is 11.9 Å². The van der Waals surface area contributed by atoms with E-state index in [1.165, 1.54) is 0 Å². The second-order valence-electron chi connectivity index (χ2n) is 8.44. The number of fused-ring (bicyclic) bond motifs is 1. The van der Waals surface area contributed by atoms with Crippen LogP contribution in [0.15, 0.2) is 54.6 Å². The quantitative estimate of drug-likeness (QED) is 0.304. The zero-order valence-electron chi connectivity index (χ0n) is 19.2. The Kier molecular flexibility index (Phi) is 7.99. The second kappa shape index (κ2) is 10.6. The first-order valence-corrected chi connectivity index (χ1v) is 12.8. The van der Waals surface area contributed by atoms with Gasteiger partial charge in [-0.3, -0.25) is 15.0 Å². The lowest BCUT2D eigenvalue weighted by atomic mass is 9.88. The molecule has 34 heavy (non-hydrogen) atoms. The topological polar surface area (TPSA) is 106 Å². The average molecular weight is 479 g/mol. The first-order valence-electron chi connectivity index (χ1n) is 11.1. The van der Waals surface area contributed by atoms with Crippen LogP contribution >= 0.6 is 0 Å². The van der Waals surface area contributed by atoms with Crippen LogP contribution in [-0.4, -0.2) is 38.7 Å². The van der Waals surface area contributed by atoms with E-state index in [0.29, 0.717) is 37.2 Å². The summed E-state index contributed by atoms with van der Waals surface area (Å²) in [5, 5.41) is 10.0. The van der Waals surface area contributed by atoms with Gasteiger partial charge in [0, 0.05) is 25.1 Å². The first kappa shape index (κ1) is 25.7. The third kappa shape index (κ3) is 4.95. The molecule has 3 aromatic rings. The highest BCUT2D eigenvalue weighted by atomic mass is 32.2. The molecule has 0 aliphatic carbocycles. The van der Waals surface area contributed by atoms with Crippen LogP contribution in [0.25, 0.3) is 10.9 Å². The van der Waals surface area contributed by atoms with Gasteiger partial charge in [0.05, 0.1) is 17.7 Å². The lowest BCUT2D eigenvalue weighted by Gasteiger charge is -2.36. The number of benzene rings is 2. The molecule has 0 spiro atoms. The zero-order valence-corrected chi connectivity index (χ0v) is 20.0. The van der Waals surface area contributed by atoms with Gasteiger partial charge in [0.15, 0.2) is 9.84 Å². The molecule has 2 aromatic carbocycles. The lowest BCUT2D eigenvalue weighted by Crippen LogP contribution is -2.44. The number of carbonyl (C=O) groups is 1. The minimum atomic E-state index is -3.56. The van der Waals surface area contributed by atoms with Gasteiger partial charge in [0.1, 0.15) is 17.1 Å². The van der Waals surface area contributed by atoms with E-state index in [4.69, 9.17) is 9.94 Å². The number of nitrogens with one attached hydrogen (secondary N) is 1. The van der Waals surface area contributed by atoms with Crippen LogP contribution in [0.4, 0.5) is 0 Å². The molecule has 0 saturated carbocycles. The number of ether oxygens (including phenoxy) is 1. The van der Waals surface area contributed by atoms with Crippen molar-refractivity contribution in [3.63, 3.8) is 0 Å². The maximum atomic E-state index is 13.0. The van der Waals surface area contributed by atoms with Crippen molar-refractivity contribution in [1.29, 1.82) is 0 Å². The van der Waals surface area contributed by atoms with Crippen LogP contribution in [0.2, 0.25) is 0 Å². The molecule has 1 amide bonds. The molecule has 1 aliphatic heterocycles. The van der Waals surface area contributed by atoms with E-state index in [9.17, 15) is 13.2 Å². The van der Waals surface area contributed by atoms with E-state index < -0.39 is 20.5 Å². The highest BCUT2D eigenvalue weighted by molar-refractivity contribution is 7.92. The Hall–Kier alpha value is -2.91. The van der Waals surface area contributed by atoms with E-state index >= 15 is 0 Å². The van der Waals surface area contributed by atoms with Crippen molar-refractivity contribution < 1.29 is 23.2 Å². The van der Waals surface area contributed by atoms with Crippen LogP contribution in [0.1, 0.15) is 49.4 Å². The summed E-state index contributed by atoms with van der Waals surface area (Å²) in [6.45, 7) is 2.42. The predicted molar refractivity (Wildman–Crippen MR) is 132 cm³/mol. The number of hydroxylamine groups is 1. The molecular weight excluding hydrogens is 451 g/mol. The summed E-state index contributed by atoms with van der Waals surface area (Å²) in [6, 6.07) is 16.9. The summed E-state index contributed by atoms with van der Waals surface area (Å²) >= 11 is 0. The fourth-order valence-corrected chi connectivity index (χ4v) is 6.88. The number of sulfone groups is 1. The predicted octanol–water partition coefficient (Wildman–Crippen LogP) is 3.68. The van der Waals surface area contributed by atoms with Crippen LogP contribution in [0, 0.1) is 0 Å². The summed E-state index contributed by atoms with van der Waals surface area (Å²) in [5.74, 6) is -0.0801. The van der Waals surface area contributed by atoms with Gasteiger partial charge in [-0.25, -0.2) is 13.9 Å². The number of pyridine rings is 1. The van der Waals surface area contributed by atoms with Crippen molar-refractivity contribution in [2.75, 3.05) is 5.75 Å². The van der Waals surface area contributed by atoms with Crippen molar-refractivity contribution in [2.45, 2.75) is 50.4 Å². The second-order valence-corrected chi connectivity index (χ2v) is 10.9. The Balaban J connectivity index is 0.00000324. The molecule has 2 N–H and O–H groups in total. The Bertz CT molecular complexity index is 1260. The largest absolute Gasteiger partial charge is 0.489 e. The molecular formula is C25H28BN2O5S. The maximum Gasteiger partial charge on any atom is 0.245 e. The average Bonchev–Trinajstić information content (AvgIpc) is 2.83. The number of para-hydroxylation sites is 1. The van der Waals surface area contributed by atoms with E-state index in [1.807, 2.05) is 30.3 Å². The fourth-order valence-electron chi connectivity index (χ4n) is 4.60. The minimum Gasteiger partial charge on any atom is -0.489 e. The SMILES string of the molecule is CCc1cc(COc2ccc(C3(CC(=O)NO)CCCCS3(=O)=O)cc2)c2ccccc2n1.[B]. The van der Waals surface area contributed by atoms with Crippen molar-refractivity contribution in [1.82, 2.24) is 10.5 Å². The normalized spacial score (nSPS) is 19.2. The van der Waals surface area contributed by atoms with Gasteiger partial charge in [0.25, 0.3) is 0 Å². The molecule has 7 nitrogen and oxygen atoms in total. The number of carbonyl (C=O) groups excluding carboxylic acids is 1. The van der Waals surface area contributed by atoms with E-state index in [1.54, 1.807) is 29.7 Å². The van der Waals surface area contributed by atoms with Crippen LogP contribution in [0.5, 0.6) is 5.75 Å². The third-order valence-electron chi connectivity index (χ3n) is 6.40. The Labute approximate surface area is 202 Å². The zero-order chi connectivity index (χ0) is 23.5. The Morgan fingerprint density at radius 1 is 1.15 bits per heavy atom. The molecule has 4 rings (SSSR count). The number of amides is 1. The summed E-state index contributed by atoms with van der Waals surface area (Å²) in [6.07, 6.45) is 2.13. The number of rotatable bonds is 7. The molecule has 2 heterocycles. The van der Waals surface area contributed by atoms with Gasteiger partial charge >= 0.3 is 0 Å². The maximum absolute atomic E-state index is 13.0. The van der Waals surface area contributed by atoms with Crippen LogP contribution in [-0.2, 0) is 32.4 Å². The molecule has 1 atom stereocenters. The molecule has 9 heteroatoms. The van der Waals surface area contributed by atoms with Gasteiger partial charge in [-0.15, -0.1) is 0 Å². The van der Waals surface area contributed by atoms with Crippen molar-refractivity contribution in [3.05, 3.63) is 71.4 Å². The molecule has 1 unspecified atom stereocenters. The highest BCUT2D eigenvalue weighted by Crippen LogP contribution is 2.43. The standard InChI is InChI=1S/C25H28N2O5S.B/c1-2-20-15-18(22-7-3-4-8-23(22)26-20)17-32-21-11-9-19(10-12-21)25(16-24(28)27-29)13-5-6-14-33(25,30)31;/h3-4,7-12,15,29H,2,5-6,13-14,16-17H2,1H3,(H,27,28);. The third-order valence-corrected chi connectivity index (χ3v) is 9.00. The van der Waals surface area contributed by atoms with Gasteiger partial charge in [-0.1, -0.05) is 43.7 Å². The summed E-state index contributed by atoms with van der Waals surface area (Å²) in [7, 11) is -3.56. The van der Waals surface area contributed by atoms with Gasteiger partial charge < -0.3 is 4.74 Å². The van der Waals surface area contributed by atoms with Crippen LogP contribution < -0.4 is 10.2 Å². The first-order chi connectivity index (χ1) is 15.9.